The predicted molar refractivity (Wildman–Crippen MR) is 118 cm³/mol. The van der Waals surface area contributed by atoms with Gasteiger partial charge in [-0.15, -0.1) is 10.2 Å². The molecule has 0 saturated carbocycles. The quantitative estimate of drug-likeness (QED) is 0.344. The zero-order valence-electron chi connectivity index (χ0n) is 16.8. The van der Waals surface area contributed by atoms with Crippen molar-refractivity contribution in [1.29, 1.82) is 0 Å². The number of rotatable bonds is 6. The fourth-order valence-corrected chi connectivity index (χ4v) is 4.65. The minimum Gasteiger partial charge on any atom is -0.469 e. The van der Waals surface area contributed by atoms with Gasteiger partial charge in [-0.25, -0.2) is 4.98 Å². The van der Waals surface area contributed by atoms with E-state index in [0.717, 1.165) is 57.2 Å². The number of pyridine rings is 1. The summed E-state index contributed by atoms with van der Waals surface area (Å²) in [7, 11) is 0. The molecule has 0 aliphatic heterocycles. The van der Waals surface area contributed by atoms with Crippen molar-refractivity contribution in [2.75, 3.05) is 0 Å². The Kier molecular flexibility index (Phi) is 4.88. The van der Waals surface area contributed by atoms with Crippen molar-refractivity contribution >= 4 is 17.4 Å². The van der Waals surface area contributed by atoms with Gasteiger partial charge in [0.05, 0.1) is 23.2 Å². The van der Waals surface area contributed by atoms with Gasteiger partial charge < -0.3 is 13.4 Å². The van der Waals surface area contributed by atoms with Crippen LogP contribution in [-0.2, 0) is 12.3 Å². The number of aromatic nitrogens is 5. The smallest absolute Gasteiger partial charge is 0.191 e. The normalized spacial score (nSPS) is 11.4. The fraction of sp³-hybridized carbons (Fsp3) is 0.174. The number of imidazole rings is 1. The highest BCUT2D eigenvalue weighted by Crippen LogP contribution is 2.32. The van der Waals surface area contributed by atoms with Crippen LogP contribution in [0, 0.1) is 6.92 Å². The van der Waals surface area contributed by atoms with Crippen LogP contribution >= 0.6 is 11.8 Å². The van der Waals surface area contributed by atoms with Crippen LogP contribution in [0.3, 0.4) is 0 Å². The van der Waals surface area contributed by atoms with Crippen LogP contribution in [0.4, 0.5) is 0 Å². The van der Waals surface area contributed by atoms with Gasteiger partial charge in [-0.2, -0.15) is 0 Å². The highest BCUT2D eigenvalue weighted by atomic mass is 32.2. The number of thioether (sulfide) groups is 1. The Labute approximate surface area is 178 Å². The van der Waals surface area contributed by atoms with E-state index in [9.17, 15) is 0 Å². The predicted octanol–water partition coefficient (Wildman–Crippen LogP) is 5.47. The van der Waals surface area contributed by atoms with Crippen molar-refractivity contribution in [2.24, 2.45) is 0 Å². The maximum atomic E-state index is 5.46. The molecule has 7 heteroatoms. The van der Waals surface area contributed by atoms with Crippen molar-refractivity contribution in [3.8, 4) is 22.6 Å². The monoisotopic (exact) mass is 415 g/mol. The zero-order valence-corrected chi connectivity index (χ0v) is 17.6. The average Bonchev–Trinajstić information content (AvgIpc) is 3.48. The van der Waals surface area contributed by atoms with Crippen LogP contribution in [0.5, 0.6) is 0 Å². The summed E-state index contributed by atoms with van der Waals surface area (Å²) >= 11 is 1.67. The topological polar surface area (TPSA) is 61.2 Å². The molecule has 0 N–H and O–H groups in total. The van der Waals surface area contributed by atoms with Gasteiger partial charge in [-0.1, -0.05) is 48.2 Å². The summed E-state index contributed by atoms with van der Waals surface area (Å²) in [5.74, 6) is 2.42. The lowest BCUT2D eigenvalue weighted by molar-refractivity contribution is 0.534. The summed E-state index contributed by atoms with van der Waals surface area (Å²) in [5, 5.41) is 9.80. The molecule has 4 heterocycles. The Hall–Kier alpha value is -3.32. The van der Waals surface area contributed by atoms with Gasteiger partial charge in [0.1, 0.15) is 11.4 Å². The molecule has 0 spiro atoms. The van der Waals surface area contributed by atoms with Gasteiger partial charge in [0.15, 0.2) is 11.0 Å². The molecular formula is C23H21N5OS. The first-order valence-corrected chi connectivity index (χ1v) is 10.9. The van der Waals surface area contributed by atoms with Crippen LogP contribution in [-0.4, -0.2) is 24.1 Å². The second-order valence-electron chi connectivity index (χ2n) is 6.93. The maximum absolute atomic E-state index is 5.46. The molecule has 4 aromatic heterocycles. The molecular weight excluding hydrogens is 394 g/mol. The molecule has 5 rings (SSSR count). The largest absolute Gasteiger partial charge is 0.469 e. The number of aryl methyl sites for hydroxylation is 1. The van der Waals surface area contributed by atoms with Gasteiger partial charge in [0, 0.05) is 24.1 Å². The Morgan fingerprint density at radius 1 is 1.00 bits per heavy atom. The van der Waals surface area contributed by atoms with Gasteiger partial charge in [-0.3, -0.25) is 0 Å². The van der Waals surface area contributed by atoms with E-state index in [1.54, 1.807) is 18.0 Å². The minimum atomic E-state index is 0.734. The molecule has 0 fully saturated rings. The summed E-state index contributed by atoms with van der Waals surface area (Å²) in [5.41, 5.74) is 5.19. The molecule has 0 atom stereocenters. The van der Waals surface area contributed by atoms with E-state index in [0.29, 0.717) is 0 Å². The SMILES string of the molecule is CCn1c(SCc2c(-c3ccccc3)nc3ccccn23)nnc1-c1ccoc1C. The van der Waals surface area contributed by atoms with E-state index in [-0.39, 0.29) is 0 Å². The second kappa shape index (κ2) is 7.84. The Bertz CT molecular complexity index is 1300. The van der Waals surface area contributed by atoms with Crippen molar-refractivity contribution in [2.45, 2.75) is 31.3 Å². The van der Waals surface area contributed by atoms with Crippen LogP contribution < -0.4 is 0 Å². The van der Waals surface area contributed by atoms with Gasteiger partial charge in [-0.05, 0) is 32.0 Å². The molecule has 0 radical (unpaired) electrons. The highest BCUT2D eigenvalue weighted by molar-refractivity contribution is 7.98. The lowest BCUT2D eigenvalue weighted by atomic mass is 10.1. The summed E-state index contributed by atoms with van der Waals surface area (Å²) in [4.78, 5) is 4.89. The van der Waals surface area contributed by atoms with E-state index in [1.165, 1.54) is 0 Å². The molecule has 150 valence electrons. The highest BCUT2D eigenvalue weighted by Gasteiger charge is 2.19. The number of benzene rings is 1. The number of furan rings is 1. The first-order chi connectivity index (χ1) is 14.8. The number of nitrogens with zero attached hydrogens (tertiary/aromatic N) is 5. The number of fused-ring (bicyclic) bond motifs is 1. The summed E-state index contributed by atoms with van der Waals surface area (Å²) in [6.45, 7) is 4.84. The third-order valence-electron chi connectivity index (χ3n) is 5.15. The Balaban J connectivity index is 1.52. The Morgan fingerprint density at radius 3 is 2.60 bits per heavy atom. The van der Waals surface area contributed by atoms with Crippen LogP contribution in [0.15, 0.2) is 76.6 Å². The molecule has 30 heavy (non-hydrogen) atoms. The van der Waals surface area contributed by atoms with Crippen LogP contribution in [0.2, 0.25) is 0 Å². The standard InChI is InChI=1S/C23H21N5OS/c1-3-27-22(18-12-14-29-16(18)2)25-26-23(27)30-15-19-21(17-9-5-4-6-10-17)24-20-11-7-8-13-28(19)20/h4-14H,3,15H2,1-2H3. The molecule has 0 aliphatic carbocycles. The van der Waals surface area contributed by atoms with Crippen molar-refractivity contribution < 1.29 is 4.42 Å². The van der Waals surface area contributed by atoms with E-state index in [1.807, 2.05) is 49.4 Å². The van der Waals surface area contributed by atoms with E-state index >= 15 is 0 Å². The van der Waals surface area contributed by atoms with E-state index in [2.05, 4.69) is 44.4 Å². The first kappa shape index (κ1) is 18.7. The zero-order chi connectivity index (χ0) is 20.5. The third kappa shape index (κ3) is 3.21. The average molecular weight is 416 g/mol. The summed E-state index contributed by atoms with van der Waals surface area (Å²) < 4.78 is 9.75. The summed E-state index contributed by atoms with van der Waals surface area (Å²) in [6.07, 6.45) is 3.76. The Morgan fingerprint density at radius 2 is 1.83 bits per heavy atom. The lowest BCUT2D eigenvalue weighted by Crippen LogP contribution is -2.00. The molecule has 0 bridgehead atoms. The minimum absolute atomic E-state index is 0.734. The van der Waals surface area contributed by atoms with Crippen LogP contribution in [0.25, 0.3) is 28.3 Å². The lowest BCUT2D eigenvalue weighted by Gasteiger charge is -2.08. The van der Waals surface area contributed by atoms with Crippen molar-refractivity contribution in [1.82, 2.24) is 24.1 Å². The van der Waals surface area contributed by atoms with Crippen molar-refractivity contribution in [3.63, 3.8) is 0 Å². The number of hydrogen-bond donors (Lipinski definition) is 0. The number of hydrogen-bond acceptors (Lipinski definition) is 5. The second-order valence-corrected chi connectivity index (χ2v) is 7.87. The molecule has 1 aromatic carbocycles. The third-order valence-corrected chi connectivity index (χ3v) is 6.12. The molecule has 0 amide bonds. The summed E-state index contributed by atoms with van der Waals surface area (Å²) in [6, 6.07) is 18.3. The molecule has 6 nitrogen and oxygen atoms in total. The molecule has 0 unspecified atom stereocenters. The molecule has 0 aliphatic rings. The fourth-order valence-electron chi connectivity index (χ4n) is 3.64. The molecule has 5 aromatic rings. The molecule has 0 saturated heterocycles. The van der Waals surface area contributed by atoms with E-state index < -0.39 is 0 Å². The maximum Gasteiger partial charge on any atom is 0.191 e. The first-order valence-electron chi connectivity index (χ1n) is 9.88. The van der Waals surface area contributed by atoms with Gasteiger partial charge >= 0.3 is 0 Å². The van der Waals surface area contributed by atoms with Crippen LogP contribution in [0.1, 0.15) is 18.4 Å². The van der Waals surface area contributed by atoms with E-state index in [4.69, 9.17) is 9.40 Å². The van der Waals surface area contributed by atoms with Gasteiger partial charge in [0.25, 0.3) is 0 Å². The van der Waals surface area contributed by atoms with Gasteiger partial charge in [0.2, 0.25) is 0 Å². The van der Waals surface area contributed by atoms with Crippen molar-refractivity contribution in [3.05, 3.63) is 78.5 Å².